The van der Waals surface area contributed by atoms with Crippen molar-refractivity contribution in [1.82, 2.24) is 20.2 Å². The zero-order chi connectivity index (χ0) is 24.0. The fraction of sp³-hybridized carbons (Fsp3) is 0.375. The lowest BCUT2D eigenvalue weighted by atomic mass is 9.70. The molecule has 2 N–H and O–H groups in total. The van der Waals surface area contributed by atoms with Crippen molar-refractivity contribution >= 4 is 17.0 Å². The molecule has 1 aliphatic heterocycles. The van der Waals surface area contributed by atoms with Crippen LogP contribution in [0.25, 0.3) is 22.0 Å². The van der Waals surface area contributed by atoms with Gasteiger partial charge >= 0.3 is 6.09 Å². The number of carboxylic acid groups (broad SMARTS) is 1. The van der Waals surface area contributed by atoms with E-state index in [9.17, 15) is 23.1 Å². The first-order valence-electron chi connectivity index (χ1n) is 10.6. The molecular formula is C24H25F3N4O2. The SMILES string of the molecule is CC(C)(C)C1(c2nc(CF)c3ccc(-c4ccc(F)cc4F)cc3n2)CNCCN1C(=O)O. The molecule has 4 rings (SSSR count). The summed E-state index contributed by atoms with van der Waals surface area (Å²) in [5, 5.41) is 13.7. The van der Waals surface area contributed by atoms with E-state index < -0.39 is 35.4 Å². The molecule has 0 radical (unpaired) electrons. The Hall–Kier alpha value is -3.20. The number of alkyl halides is 1. The Morgan fingerprint density at radius 2 is 1.94 bits per heavy atom. The number of piperazine rings is 1. The molecule has 6 nitrogen and oxygen atoms in total. The summed E-state index contributed by atoms with van der Waals surface area (Å²) in [5.41, 5.74) is -0.699. The zero-order valence-electron chi connectivity index (χ0n) is 18.6. The van der Waals surface area contributed by atoms with E-state index in [1.54, 1.807) is 18.2 Å². The smallest absolute Gasteiger partial charge is 0.408 e. The van der Waals surface area contributed by atoms with Gasteiger partial charge in [-0.3, -0.25) is 4.90 Å². The van der Waals surface area contributed by atoms with Crippen LogP contribution >= 0.6 is 0 Å². The topological polar surface area (TPSA) is 78.4 Å². The molecule has 33 heavy (non-hydrogen) atoms. The van der Waals surface area contributed by atoms with Crippen LogP contribution in [-0.2, 0) is 12.2 Å². The molecule has 3 aromatic rings. The molecule has 0 aliphatic carbocycles. The molecule has 0 bridgehead atoms. The summed E-state index contributed by atoms with van der Waals surface area (Å²) in [4.78, 5) is 22.7. The maximum absolute atomic E-state index is 14.4. The first-order chi connectivity index (χ1) is 15.6. The average Bonchev–Trinajstić information content (AvgIpc) is 2.77. The molecule has 1 saturated heterocycles. The van der Waals surface area contributed by atoms with Gasteiger partial charge in [0.1, 0.15) is 23.8 Å². The molecule has 0 saturated carbocycles. The minimum atomic E-state index is -1.16. The number of hydrogen-bond acceptors (Lipinski definition) is 4. The van der Waals surface area contributed by atoms with Crippen LogP contribution in [0.5, 0.6) is 0 Å². The molecule has 1 fully saturated rings. The second-order valence-corrected chi connectivity index (χ2v) is 9.20. The Balaban J connectivity index is 1.97. The molecule has 1 aliphatic rings. The van der Waals surface area contributed by atoms with Crippen LogP contribution in [0.3, 0.4) is 0 Å². The number of fused-ring (bicyclic) bond motifs is 1. The first-order valence-corrected chi connectivity index (χ1v) is 10.6. The number of aromatic nitrogens is 2. The van der Waals surface area contributed by atoms with Gasteiger partial charge in [0.05, 0.1) is 11.2 Å². The largest absolute Gasteiger partial charge is 0.465 e. The van der Waals surface area contributed by atoms with Crippen LogP contribution in [0.4, 0.5) is 18.0 Å². The van der Waals surface area contributed by atoms with E-state index in [2.05, 4.69) is 10.3 Å². The fourth-order valence-corrected chi connectivity index (χ4v) is 4.58. The standard InChI is InChI=1S/C24H25F3N4O2/c1-23(2,3)24(13-28-8-9-31(24)22(32)33)21-29-19-10-14(4-6-17(19)20(12-25)30-21)16-7-5-15(26)11-18(16)27/h4-7,10-11,28H,8-9,12-13H2,1-3H3,(H,32,33). The number of amides is 1. The summed E-state index contributed by atoms with van der Waals surface area (Å²) in [6.07, 6.45) is -1.11. The number of benzene rings is 2. The van der Waals surface area contributed by atoms with Crippen molar-refractivity contribution in [1.29, 1.82) is 0 Å². The minimum absolute atomic E-state index is 0.126. The van der Waals surface area contributed by atoms with Crippen molar-refractivity contribution in [3.63, 3.8) is 0 Å². The first kappa shape index (κ1) is 23.0. The van der Waals surface area contributed by atoms with Gasteiger partial charge in [0.15, 0.2) is 5.82 Å². The van der Waals surface area contributed by atoms with Crippen LogP contribution in [0.1, 0.15) is 32.3 Å². The monoisotopic (exact) mass is 458 g/mol. The molecule has 1 atom stereocenters. The van der Waals surface area contributed by atoms with Crippen molar-refractivity contribution in [2.75, 3.05) is 19.6 Å². The van der Waals surface area contributed by atoms with Gasteiger partial charge in [-0.1, -0.05) is 32.9 Å². The number of rotatable bonds is 3. The number of carbonyl (C=O) groups is 1. The summed E-state index contributed by atoms with van der Waals surface area (Å²) >= 11 is 0. The summed E-state index contributed by atoms with van der Waals surface area (Å²) in [5.74, 6) is -1.23. The quantitative estimate of drug-likeness (QED) is 0.586. The van der Waals surface area contributed by atoms with Crippen molar-refractivity contribution in [3.05, 3.63) is 59.6 Å². The van der Waals surface area contributed by atoms with E-state index in [1.165, 1.54) is 11.0 Å². The third-order valence-electron chi connectivity index (χ3n) is 6.34. The van der Waals surface area contributed by atoms with Gasteiger partial charge in [-0.25, -0.2) is 27.9 Å². The maximum atomic E-state index is 14.4. The van der Waals surface area contributed by atoms with Gasteiger partial charge in [-0.15, -0.1) is 0 Å². The van der Waals surface area contributed by atoms with E-state index in [4.69, 9.17) is 4.98 Å². The van der Waals surface area contributed by atoms with E-state index in [0.717, 1.165) is 12.1 Å². The van der Waals surface area contributed by atoms with Crippen LogP contribution in [0.15, 0.2) is 36.4 Å². The second-order valence-electron chi connectivity index (χ2n) is 9.20. The molecule has 1 amide bonds. The Morgan fingerprint density at radius 3 is 2.58 bits per heavy atom. The van der Waals surface area contributed by atoms with Gasteiger partial charge in [0, 0.05) is 36.7 Å². The van der Waals surface area contributed by atoms with Gasteiger partial charge in [-0.2, -0.15) is 0 Å². The summed E-state index contributed by atoms with van der Waals surface area (Å²) in [6.45, 7) is 5.75. The summed E-state index contributed by atoms with van der Waals surface area (Å²) in [7, 11) is 0. The zero-order valence-corrected chi connectivity index (χ0v) is 18.6. The van der Waals surface area contributed by atoms with Gasteiger partial charge in [-0.05, 0) is 29.2 Å². The Bertz CT molecular complexity index is 1230. The lowest BCUT2D eigenvalue weighted by molar-refractivity contribution is -0.0244. The molecule has 174 valence electrons. The average molecular weight is 458 g/mol. The minimum Gasteiger partial charge on any atom is -0.465 e. The van der Waals surface area contributed by atoms with Crippen LogP contribution in [0.2, 0.25) is 0 Å². The number of hydrogen-bond donors (Lipinski definition) is 2. The Kier molecular flexibility index (Phi) is 5.78. The molecule has 0 spiro atoms. The number of halogens is 3. The maximum Gasteiger partial charge on any atom is 0.408 e. The van der Waals surface area contributed by atoms with E-state index in [1.807, 2.05) is 20.8 Å². The van der Waals surface area contributed by atoms with Crippen molar-refractivity contribution < 1.29 is 23.1 Å². The normalized spacial score (nSPS) is 19.2. The highest BCUT2D eigenvalue weighted by atomic mass is 19.1. The van der Waals surface area contributed by atoms with E-state index in [0.29, 0.717) is 23.0 Å². The molecule has 1 unspecified atom stereocenters. The molecular weight excluding hydrogens is 433 g/mol. The van der Waals surface area contributed by atoms with Crippen molar-refractivity contribution in [3.8, 4) is 11.1 Å². The lowest BCUT2D eigenvalue weighted by Gasteiger charge is -2.52. The Labute approximate surface area is 189 Å². The lowest BCUT2D eigenvalue weighted by Crippen LogP contribution is -2.66. The highest BCUT2D eigenvalue weighted by Crippen LogP contribution is 2.44. The number of nitrogens with zero attached hydrogens (tertiary/aromatic N) is 3. The molecule has 1 aromatic heterocycles. The van der Waals surface area contributed by atoms with Gasteiger partial charge in [0.25, 0.3) is 0 Å². The Morgan fingerprint density at radius 1 is 1.18 bits per heavy atom. The van der Waals surface area contributed by atoms with Crippen LogP contribution in [-0.4, -0.2) is 45.7 Å². The second kappa shape index (κ2) is 8.30. The number of nitrogens with one attached hydrogen (secondary N) is 1. The van der Waals surface area contributed by atoms with Crippen LogP contribution < -0.4 is 5.32 Å². The highest BCUT2D eigenvalue weighted by molar-refractivity contribution is 5.86. The highest BCUT2D eigenvalue weighted by Gasteiger charge is 2.54. The van der Waals surface area contributed by atoms with E-state index in [-0.39, 0.29) is 30.2 Å². The predicted octanol–water partition coefficient (Wildman–Crippen LogP) is 4.87. The fourth-order valence-electron chi connectivity index (χ4n) is 4.58. The van der Waals surface area contributed by atoms with Gasteiger partial charge in [0.2, 0.25) is 0 Å². The molecule has 2 aromatic carbocycles. The van der Waals surface area contributed by atoms with Crippen LogP contribution in [0, 0.1) is 17.0 Å². The predicted molar refractivity (Wildman–Crippen MR) is 118 cm³/mol. The van der Waals surface area contributed by atoms with Gasteiger partial charge < -0.3 is 10.4 Å². The van der Waals surface area contributed by atoms with Crippen molar-refractivity contribution in [2.45, 2.75) is 33.0 Å². The summed E-state index contributed by atoms with van der Waals surface area (Å²) < 4.78 is 41.8. The molecule has 9 heteroatoms. The summed E-state index contributed by atoms with van der Waals surface area (Å²) in [6, 6.07) is 8.08. The van der Waals surface area contributed by atoms with Crippen molar-refractivity contribution in [2.24, 2.45) is 5.41 Å². The van der Waals surface area contributed by atoms with E-state index >= 15 is 0 Å². The third-order valence-corrected chi connectivity index (χ3v) is 6.34. The molecule has 2 heterocycles. The third kappa shape index (κ3) is 3.80.